The van der Waals surface area contributed by atoms with Crippen molar-refractivity contribution in [3.05, 3.63) is 200 Å². The zero-order valence-electron chi connectivity index (χ0n) is 28.9. The van der Waals surface area contributed by atoms with Gasteiger partial charge in [0.1, 0.15) is 0 Å². The lowest BCUT2D eigenvalue weighted by atomic mass is 9.98. The molecule has 248 valence electrons. The maximum Gasteiger partial charge on any atom is 0.0979 e. The zero-order chi connectivity index (χ0) is 35.1. The third kappa shape index (κ3) is 5.47. The van der Waals surface area contributed by atoms with Crippen molar-refractivity contribution < 1.29 is 0 Å². The number of rotatable bonds is 6. The standard InChI is InChI=1S/C50H33N3/c1-4-14-34(15-5-1)39-22-12-23-41(32-39)53(46-25-13-21-35-16-10-11-24-43(35)46)42-29-30-44-40(33-42)27-26-36-28-31-45-50(47(36)44)52-49(38-19-8-3-9-20-38)48(51-45)37-17-6-2-7-18-37/h1-33H. The Bertz CT molecular complexity index is 2930. The molecule has 0 amide bonds. The molecule has 1 aromatic heterocycles. The molecular formula is C50H33N3. The van der Waals surface area contributed by atoms with Gasteiger partial charge in [-0.15, -0.1) is 0 Å². The molecule has 0 fully saturated rings. The first-order valence-electron chi connectivity index (χ1n) is 18.0. The fourth-order valence-electron chi connectivity index (χ4n) is 7.67. The molecule has 0 aliphatic carbocycles. The van der Waals surface area contributed by atoms with Crippen LogP contribution in [0.3, 0.4) is 0 Å². The second kappa shape index (κ2) is 12.9. The normalized spacial score (nSPS) is 11.4. The minimum Gasteiger partial charge on any atom is -0.310 e. The molecule has 0 bridgehead atoms. The summed E-state index contributed by atoms with van der Waals surface area (Å²) in [6.07, 6.45) is 0. The van der Waals surface area contributed by atoms with Crippen LogP contribution in [0.5, 0.6) is 0 Å². The average molecular weight is 676 g/mol. The van der Waals surface area contributed by atoms with Crippen LogP contribution in [-0.2, 0) is 0 Å². The van der Waals surface area contributed by atoms with Gasteiger partial charge in [0.2, 0.25) is 0 Å². The van der Waals surface area contributed by atoms with E-state index in [0.717, 1.165) is 72.2 Å². The Hall–Kier alpha value is -7.10. The highest BCUT2D eigenvalue weighted by Crippen LogP contribution is 2.43. The van der Waals surface area contributed by atoms with Gasteiger partial charge in [-0.05, 0) is 69.1 Å². The molecule has 9 aromatic carbocycles. The maximum absolute atomic E-state index is 5.45. The monoisotopic (exact) mass is 675 g/mol. The van der Waals surface area contributed by atoms with Crippen LogP contribution >= 0.6 is 0 Å². The van der Waals surface area contributed by atoms with Gasteiger partial charge in [-0.3, -0.25) is 0 Å². The van der Waals surface area contributed by atoms with E-state index >= 15 is 0 Å². The molecule has 0 unspecified atom stereocenters. The van der Waals surface area contributed by atoms with Gasteiger partial charge in [0.15, 0.2) is 0 Å². The van der Waals surface area contributed by atoms with Crippen LogP contribution < -0.4 is 4.90 Å². The fourth-order valence-corrected chi connectivity index (χ4v) is 7.67. The van der Waals surface area contributed by atoms with Crippen LogP contribution in [0.1, 0.15) is 0 Å². The van der Waals surface area contributed by atoms with Crippen molar-refractivity contribution >= 4 is 60.4 Å². The average Bonchev–Trinajstić information content (AvgIpc) is 3.24. The Morgan fingerprint density at radius 2 is 0.925 bits per heavy atom. The van der Waals surface area contributed by atoms with Crippen LogP contribution in [0.15, 0.2) is 200 Å². The Morgan fingerprint density at radius 1 is 0.340 bits per heavy atom. The summed E-state index contributed by atoms with van der Waals surface area (Å²) in [5.41, 5.74) is 11.3. The van der Waals surface area contributed by atoms with Gasteiger partial charge < -0.3 is 4.90 Å². The molecule has 10 rings (SSSR count). The second-order valence-corrected chi connectivity index (χ2v) is 13.4. The summed E-state index contributed by atoms with van der Waals surface area (Å²) in [5.74, 6) is 0. The summed E-state index contributed by atoms with van der Waals surface area (Å²) in [6.45, 7) is 0. The molecule has 3 heteroatoms. The summed E-state index contributed by atoms with van der Waals surface area (Å²) in [7, 11) is 0. The SMILES string of the molecule is c1ccc(-c2cccc(N(c3ccc4c(ccc5ccc6nc(-c7ccccc7)c(-c7ccccc7)nc6c54)c3)c3cccc4ccccc34)c2)cc1. The zero-order valence-corrected chi connectivity index (χ0v) is 28.9. The molecule has 0 aliphatic rings. The Balaban J connectivity index is 1.20. The third-order valence-corrected chi connectivity index (χ3v) is 10.2. The summed E-state index contributed by atoms with van der Waals surface area (Å²) in [4.78, 5) is 13.1. The van der Waals surface area contributed by atoms with E-state index in [1.54, 1.807) is 0 Å². The summed E-state index contributed by atoms with van der Waals surface area (Å²) in [5, 5.41) is 6.94. The lowest BCUT2D eigenvalue weighted by Gasteiger charge is -2.28. The van der Waals surface area contributed by atoms with E-state index in [-0.39, 0.29) is 0 Å². The van der Waals surface area contributed by atoms with E-state index in [1.165, 1.54) is 21.9 Å². The van der Waals surface area contributed by atoms with Gasteiger partial charge in [0, 0.05) is 33.3 Å². The molecule has 53 heavy (non-hydrogen) atoms. The lowest BCUT2D eigenvalue weighted by Crippen LogP contribution is -2.10. The van der Waals surface area contributed by atoms with E-state index in [2.05, 4.69) is 193 Å². The highest BCUT2D eigenvalue weighted by molar-refractivity contribution is 6.19. The summed E-state index contributed by atoms with van der Waals surface area (Å²) >= 11 is 0. The van der Waals surface area contributed by atoms with Crippen LogP contribution in [0, 0.1) is 0 Å². The second-order valence-electron chi connectivity index (χ2n) is 13.4. The number of hydrogen-bond acceptors (Lipinski definition) is 3. The van der Waals surface area contributed by atoms with E-state index in [0.29, 0.717) is 0 Å². The third-order valence-electron chi connectivity index (χ3n) is 10.2. The van der Waals surface area contributed by atoms with Crippen LogP contribution in [0.4, 0.5) is 17.1 Å². The quantitative estimate of drug-likeness (QED) is 0.164. The van der Waals surface area contributed by atoms with Gasteiger partial charge in [-0.2, -0.15) is 0 Å². The van der Waals surface area contributed by atoms with Gasteiger partial charge in [-0.25, -0.2) is 9.97 Å². The molecule has 0 atom stereocenters. The summed E-state index contributed by atoms with van der Waals surface area (Å²) in [6, 6.07) is 70.9. The molecule has 0 spiro atoms. The first-order valence-corrected chi connectivity index (χ1v) is 18.0. The molecule has 0 radical (unpaired) electrons. The van der Waals surface area contributed by atoms with E-state index in [1.807, 2.05) is 12.1 Å². The van der Waals surface area contributed by atoms with Gasteiger partial charge in [0.05, 0.1) is 28.1 Å². The summed E-state index contributed by atoms with van der Waals surface area (Å²) < 4.78 is 0. The number of benzene rings is 9. The van der Waals surface area contributed by atoms with Gasteiger partial charge in [-0.1, -0.05) is 164 Å². The van der Waals surface area contributed by atoms with Crippen molar-refractivity contribution in [2.75, 3.05) is 4.90 Å². The van der Waals surface area contributed by atoms with Crippen LogP contribution in [-0.4, -0.2) is 9.97 Å². The topological polar surface area (TPSA) is 29.0 Å². The van der Waals surface area contributed by atoms with Gasteiger partial charge in [0.25, 0.3) is 0 Å². The number of hydrogen-bond donors (Lipinski definition) is 0. The molecule has 0 aliphatic heterocycles. The van der Waals surface area contributed by atoms with E-state index in [9.17, 15) is 0 Å². The van der Waals surface area contributed by atoms with Crippen molar-refractivity contribution in [3.8, 4) is 33.6 Å². The molecule has 3 nitrogen and oxygen atoms in total. The van der Waals surface area contributed by atoms with Crippen molar-refractivity contribution in [1.82, 2.24) is 9.97 Å². The van der Waals surface area contributed by atoms with E-state index in [4.69, 9.17) is 9.97 Å². The largest absolute Gasteiger partial charge is 0.310 e. The van der Waals surface area contributed by atoms with Gasteiger partial charge >= 0.3 is 0 Å². The highest BCUT2D eigenvalue weighted by atomic mass is 15.1. The number of fused-ring (bicyclic) bond motifs is 6. The Morgan fingerprint density at radius 3 is 1.70 bits per heavy atom. The number of anilines is 3. The first kappa shape index (κ1) is 30.7. The molecular weight excluding hydrogens is 643 g/mol. The minimum absolute atomic E-state index is 0.878. The van der Waals surface area contributed by atoms with Crippen molar-refractivity contribution in [2.24, 2.45) is 0 Å². The van der Waals surface area contributed by atoms with Crippen molar-refractivity contribution in [2.45, 2.75) is 0 Å². The van der Waals surface area contributed by atoms with Crippen LogP contribution in [0.25, 0.3) is 77.0 Å². The molecule has 10 aromatic rings. The minimum atomic E-state index is 0.878. The molecule has 0 saturated carbocycles. The van der Waals surface area contributed by atoms with Crippen molar-refractivity contribution in [1.29, 1.82) is 0 Å². The lowest BCUT2D eigenvalue weighted by molar-refractivity contribution is 1.30. The smallest absolute Gasteiger partial charge is 0.0979 e. The first-order chi connectivity index (χ1) is 26.3. The Kier molecular flexibility index (Phi) is 7.47. The predicted octanol–water partition coefficient (Wildman–Crippen LogP) is 13.6. The Labute approximate surface area is 308 Å². The number of nitrogens with zero attached hydrogens (tertiary/aromatic N) is 3. The number of aromatic nitrogens is 2. The van der Waals surface area contributed by atoms with Crippen LogP contribution in [0.2, 0.25) is 0 Å². The fraction of sp³-hybridized carbons (Fsp3) is 0. The predicted molar refractivity (Wildman–Crippen MR) is 223 cm³/mol. The maximum atomic E-state index is 5.45. The molecule has 0 saturated heterocycles. The molecule has 0 N–H and O–H groups in total. The molecule has 1 heterocycles. The van der Waals surface area contributed by atoms with E-state index < -0.39 is 0 Å². The van der Waals surface area contributed by atoms with Crippen molar-refractivity contribution in [3.63, 3.8) is 0 Å². The highest BCUT2D eigenvalue weighted by Gasteiger charge is 2.19.